The highest BCUT2D eigenvalue weighted by Crippen LogP contribution is 2.24. The van der Waals surface area contributed by atoms with Crippen LogP contribution in [-0.4, -0.2) is 6.54 Å². The SMILES string of the molecule is CC(CCN)c1c(F)cccc1F. The summed E-state index contributed by atoms with van der Waals surface area (Å²) in [7, 11) is 0. The molecule has 0 aromatic heterocycles. The summed E-state index contributed by atoms with van der Waals surface area (Å²) in [6.45, 7) is 2.21. The second-order valence-corrected chi connectivity index (χ2v) is 3.11. The number of rotatable bonds is 3. The van der Waals surface area contributed by atoms with E-state index >= 15 is 0 Å². The van der Waals surface area contributed by atoms with Gasteiger partial charge in [0.05, 0.1) is 0 Å². The predicted molar refractivity (Wildman–Crippen MR) is 48.4 cm³/mol. The molecule has 1 nitrogen and oxygen atoms in total. The zero-order chi connectivity index (χ0) is 9.84. The summed E-state index contributed by atoms with van der Waals surface area (Å²) in [5.41, 5.74) is 5.47. The molecule has 1 atom stereocenters. The summed E-state index contributed by atoms with van der Waals surface area (Å²) in [5, 5.41) is 0. The Labute approximate surface area is 76.6 Å². The highest BCUT2D eigenvalue weighted by Gasteiger charge is 2.14. The first-order chi connectivity index (χ1) is 6.16. The molecule has 0 spiro atoms. The van der Waals surface area contributed by atoms with Gasteiger partial charge in [0, 0.05) is 5.56 Å². The van der Waals surface area contributed by atoms with Crippen molar-refractivity contribution in [1.29, 1.82) is 0 Å². The summed E-state index contributed by atoms with van der Waals surface area (Å²) < 4.78 is 26.3. The van der Waals surface area contributed by atoms with Gasteiger partial charge in [0.1, 0.15) is 11.6 Å². The zero-order valence-electron chi connectivity index (χ0n) is 7.56. The molecule has 0 saturated carbocycles. The number of hydrogen-bond donors (Lipinski definition) is 1. The van der Waals surface area contributed by atoms with Crippen LogP contribution >= 0.6 is 0 Å². The summed E-state index contributed by atoms with van der Waals surface area (Å²) in [5.74, 6) is -1.13. The van der Waals surface area contributed by atoms with E-state index in [1.54, 1.807) is 6.92 Å². The molecule has 0 amide bonds. The lowest BCUT2D eigenvalue weighted by molar-refractivity contribution is 0.523. The number of hydrogen-bond acceptors (Lipinski definition) is 1. The van der Waals surface area contributed by atoms with Gasteiger partial charge in [0.15, 0.2) is 0 Å². The van der Waals surface area contributed by atoms with Crippen molar-refractivity contribution in [2.75, 3.05) is 6.54 Å². The van der Waals surface area contributed by atoms with Crippen molar-refractivity contribution in [3.8, 4) is 0 Å². The van der Waals surface area contributed by atoms with E-state index < -0.39 is 11.6 Å². The third-order valence-electron chi connectivity index (χ3n) is 2.09. The Morgan fingerprint density at radius 3 is 2.31 bits per heavy atom. The van der Waals surface area contributed by atoms with Gasteiger partial charge in [-0.2, -0.15) is 0 Å². The van der Waals surface area contributed by atoms with Gasteiger partial charge in [-0.1, -0.05) is 13.0 Å². The summed E-state index contributed by atoms with van der Waals surface area (Å²) in [4.78, 5) is 0. The van der Waals surface area contributed by atoms with E-state index in [1.165, 1.54) is 18.2 Å². The molecular weight excluding hydrogens is 172 g/mol. The van der Waals surface area contributed by atoms with Gasteiger partial charge >= 0.3 is 0 Å². The van der Waals surface area contributed by atoms with Crippen molar-refractivity contribution in [2.45, 2.75) is 19.3 Å². The van der Waals surface area contributed by atoms with E-state index in [0.717, 1.165) is 0 Å². The first kappa shape index (κ1) is 10.1. The van der Waals surface area contributed by atoms with Crippen molar-refractivity contribution in [2.24, 2.45) is 5.73 Å². The predicted octanol–water partition coefficient (Wildman–Crippen LogP) is 2.42. The normalized spacial score (nSPS) is 12.9. The minimum atomic E-state index is -0.485. The maximum Gasteiger partial charge on any atom is 0.129 e. The quantitative estimate of drug-likeness (QED) is 0.768. The third-order valence-corrected chi connectivity index (χ3v) is 2.09. The highest BCUT2D eigenvalue weighted by atomic mass is 19.1. The molecule has 0 radical (unpaired) electrons. The van der Waals surface area contributed by atoms with Crippen LogP contribution < -0.4 is 5.73 Å². The fourth-order valence-electron chi connectivity index (χ4n) is 1.38. The molecule has 0 aliphatic heterocycles. The third kappa shape index (κ3) is 2.25. The second-order valence-electron chi connectivity index (χ2n) is 3.11. The minimum Gasteiger partial charge on any atom is -0.330 e. The zero-order valence-corrected chi connectivity index (χ0v) is 7.56. The first-order valence-corrected chi connectivity index (χ1v) is 4.30. The molecule has 0 heterocycles. The molecule has 1 aromatic rings. The van der Waals surface area contributed by atoms with Crippen LogP contribution in [0.15, 0.2) is 18.2 Å². The molecule has 13 heavy (non-hydrogen) atoms. The van der Waals surface area contributed by atoms with Crippen LogP contribution in [0.4, 0.5) is 8.78 Å². The lowest BCUT2D eigenvalue weighted by Gasteiger charge is -2.11. The van der Waals surface area contributed by atoms with Gasteiger partial charge in [0.2, 0.25) is 0 Å². The molecule has 0 saturated heterocycles. The van der Waals surface area contributed by atoms with Crippen LogP contribution in [0.2, 0.25) is 0 Å². The topological polar surface area (TPSA) is 26.0 Å². The van der Waals surface area contributed by atoms with Crippen molar-refractivity contribution < 1.29 is 8.78 Å². The van der Waals surface area contributed by atoms with Crippen molar-refractivity contribution >= 4 is 0 Å². The Balaban J connectivity index is 2.98. The van der Waals surface area contributed by atoms with E-state index in [0.29, 0.717) is 13.0 Å². The van der Waals surface area contributed by atoms with E-state index in [-0.39, 0.29) is 11.5 Å². The lowest BCUT2D eigenvalue weighted by Crippen LogP contribution is -2.07. The number of nitrogens with two attached hydrogens (primary N) is 1. The van der Waals surface area contributed by atoms with Gasteiger partial charge in [0.25, 0.3) is 0 Å². The van der Waals surface area contributed by atoms with Crippen molar-refractivity contribution in [1.82, 2.24) is 0 Å². The molecule has 0 bridgehead atoms. The molecule has 2 N–H and O–H groups in total. The van der Waals surface area contributed by atoms with E-state index in [4.69, 9.17) is 5.73 Å². The van der Waals surface area contributed by atoms with Crippen LogP contribution in [-0.2, 0) is 0 Å². The van der Waals surface area contributed by atoms with Crippen LogP contribution in [0.5, 0.6) is 0 Å². The lowest BCUT2D eigenvalue weighted by atomic mass is 9.97. The molecular formula is C10H13F2N. The molecule has 3 heteroatoms. The standard InChI is InChI=1S/C10H13F2N/c1-7(5-6-13)10-8(11)3-2-4-9(10)12/h2-4,7H,5-6,13H2,1H3. The molecule has 0 fully saturated rings. The molecule has 1 aromatic carbocycles. The first-order valence-electron chi connectivity index (χ1n) is 4.30. The van der Waals surface area contributed by atoms with Crippen molar-refractivity contribution in [3.05, 3.63) is 35.4 Å². The minimum absolute atomic E-state index is 0.146. The number of halogens is 2. The Kier molecular flexibility index (Phi) is 3.37. The average molecular weight is 185 g/mol. The van der Waals surface area contributed by atoms with Crippen LogP contribution in [0.25, 0.3) is 0 Å². The molecule has 1 unspecified atom stereocenters. The van der Waals surface area contributed by atoms with Crippen molar-refractivity contribution in [3.63, 3.8) is 0 Å². The second kappa shape index (κ2) is 4.33. The average Bonchev–Trinajstić information content (AvgIpc) is 2.04. The Bertz CT molecular complexity index is 266. The van der Waals surface area contributed by atoms with Crippen LogP contribution in [0, 0.1) is 11.6 Å². The number of benzene rings is 1. The molecule has 1 rings (SSSR count). The van der Waals surface area contributed by atoms with Crippen LogP contribution in [0.3, 0.4) is 0 Å². The van der Waals surface area contributed by atoms with Gasteiger partial charge in [-0.25, -0.2) is 8.78 Å². The fraction of sp³-hybridized carbons (Fsp3) is 0.400. The highest BCUT2D eigenvalue weighted by molar-refractivity contribution is 5.23. The molecule has 72 valence electrons. The van der Waals surface area contributed by atoms with Gasteiger partial charge in [-0.15, -0.1) is 0 Å². The largest absolute Gasteiger partial charge is 0.330 e. The Morgan fingerprint density at radius 1 is 1.31 bits per heavy atom. The Morgan fingerprint density at radius 2 is 1.85 bits per heavy atom. The van der Waals surface area contributed by atoms with Crippen LogP contribution in [0.1, 0.15) is 24.8 Å². The van der Waals surface area contributed by atoms with Gasteiger partial charge in [-0.05, 0) is 31.0 Å². The van der Waals surface area contributed by atoms with E-state index in [1.807, 2.05) is 0 Å². The summed E-state index contributed by atoms with van der Waals surface area (Å²) in [6.07, 6.45) is 0.595. The summed E-state index contributed by atoms with van der Waals surface area (Å²) in [6, 6.07) is 3.90. The van der Waals surface area contributed by atoms with Gasteiger partial charge in [-0.3, -0.25) is 0 Å². The summed E-state index contributed by atoms with van der Waals surface area (Å²) >= 11 is 0. The monoisotopic (exact) mass is 185 g/mol. The maximum absolute atomic E-state index is 13.1. The molecule has 0 aliphatic rings. The Hall–Kier alpha value is -0.960. The van der Waals surface area contributed by atoms with Gasteiger partial charge < -0.3 is 5.73 Å². The molecule has 0 aliphatic carbocycles. The van der Waals surface area contributed by atoms with E-state index in [2.05, 4.69) is 0 Å². The fourth-order valence-corrected chi connectivity index (χ4v) is 1.38. The smallest absolute Gasteiger partial charge is 0.129 e. The maximum atomic E-state index is 13.1. The van der Waals surface area contributed by atoms with E-state index in [9.17, 15) is 8.78 Å².